The van der Waals surface area contributed by atoms with Crippen LogP contribution in [0.3, 0.4) is 0 Å². The fraction of sp³-hybridized carbons (Fsp3) is 0.393. The lowest BCUT2D eigenvalue weighted by atomic mass is 9.72. The first-order chi connectivity index (χ1) is 17.8. The fourth-order valence-electron chi connectivity index (χ4n) is 5.17. The molecular formula is C28H29F3N2O5. The number of ketones is 1. The van der Waals surface area contributed by atoms with Crippen LogP contribution >= 0.6 is 0 Å². The molecule has 0 spiro atoms. The average Bonchev–Trinajstić information content (AvgIpc) is 3.09. The molecule has 0 radical (unpaired) electrons. The number of amides is 2. The molecule has 0 saturated heterocycles. The van der Waals surface area contributed by atoms with Crippen LogP contribution in [0.1, 0.15) is 42.6 Å². The van der Waals surface area contributed by atoms with Gasteiger partial charge >= 0.3 is 6.18 Å². The standard InChI is InChI=1S/C28H29F3N2O5/c1-26(2)15-19-23(20(34)16-26)27(28(29,30)31,32-24(35)18-8-6-5-7-9-18)25(36)33(19)13-12-17-10-11-21(37-3)22(14-17)38-4/h5-11,14H,12-13,15-16H2,1-4H3,(H,32,35)/t27-/m0/s1. The summed E-state index contributed by atoms with van der Waals surface area (Å²) in [4.78, 5) is 41.0. The normalized spacial score (nSPS) is 20.9. The Hall–Kier alpha value is -3.82. The highest BCUT2D eigenvalue weighted by molar-refractivity contribution is 6.14. The van der Waals surface area contributed by atoms with E-state index in [4.69, 9.17) is 9.47 Å². The number of Topliss-reactive ketones (excluding diaryl/α,β-unsaturated/α-hetero) is 1. The first-order valence-corrected chi connectivity index (χ1v) is 12.1. The molecule has 2 aliphatic rings. The maximum absolute atomic E-state index is 14.9. The van der Waals surface area contributed by atoms with E-state index in [1.54, 1.807) is 38.1 Å². The van der Waals surface area contributed by atoms with Crippen molar-refractivity contribution in [2.75, 3.05) is 20.8 Å². The number of rotatable bonds is 7. The number of benzene rings is 2. The Labute approximate surface area is 218 Å². The van der Waals surface area contributed by atoms with E-state index in [1.807, 2.05) is 5.32 Å². The number of carbonyl (C=O) groups excluding carboxylic acids is 3. The van der Waals surface area contributed by atoms with Crippen molar-refractivity contribution in [3.63, 3.8) is 0 Å². The minimum absolute atomic E-state index is 0.00223. The topological polar surface area (TPSA) is 84.9 Å². The van der Waals surface area contributed by atoms with Crippen molar-refractivity contribution in [3.05, 3.63) is 70.9 Å². The lowest BCUT2D eigenvalue weighted by molar-refractivity contribution is -0.190. The Bertz CT molecular complexity index is 1300. The van der Waals surface area contributed by atoms with Gasteiger partial charge in [-0.05, 0) is 48.1 Å². The van der Waals surface area contributed by atoms with Crippen molar-refractivity contribution in [2.24, 2.45) is 5.41 Å². The van der Waals surface area contributed by atoms with Gasteiger partial charge in [0.05, 0.1) is 19.8 Å². The highest BCUT2D eigenvalue weighted by Crippen LogP contribution is 2.51. The SMILES string of the molecule is COc1ccc(CCN2C(=O)[C@](NC(=O)c3ccccc3)(C(F)(F)F)C3=C2CC(C)(C)CC3=O)cc1OC. The molecule has 10 heteroatoms. The zero-order valence-electron chi connectivity index (χ0n) is 21.6. The second-order valence-corrected chi connectivity index (χ2v) is 10.2. The molecule has 0 bridgehead atoms. The van der Waals surface area contributed by atoms with Crippen LogP contribution in [0.15, 0.2) is 59.8 Å². The smallest absolute Gasteiger partial charge is 0.425 e. The van der Waals surface area contributed by atoms with Crippen LogP contribution in [0.5, 0.6) is 11.5 Å². The van der Waals surface area contributed by atoms with Crippen LogP contribution < -0.4 is 14.8 Å². The number of methoxy groups -OCH3 is 2. The van der Waals surface area contributed by atoms with E-state index in [-0.39, 0.29) is 37.1 Å². The van der Waals surface area contributed by atoms with Gasteiger partial charge < -0.3 is 19.7 Å². The number of carbonyl (C=O) groups is 3. The van der Waals surface area contributed by atoms with Gasteiger partial charge in [0.25, 0.3) is 11.8 Å². The predicted octanol–water partition coefficient (Wildman–Crippen LogP) is 4.46. The number of nitrogens with zero attached hydrogens (tertiary/aromatic N) is 1. The highest BCUT2D eigenvalue weighted by Gasteiger charge is 2.71. The van der Waals surface area contributed by atoms with E-state index in [0.717, 1.165) is 4.90 Å². The van der Waals surface area contributed by atoms with Crippen LogP contribution in [0.25, 0.3) is 0 Å². The van der Waals surface area contributed by atoms with Crippen molar-refractivity contribution >= 4 is 17.6 Å². The molecule has 2 aromatic rings. The molecule has 2 aromatic carbocycles. The van der Waals surface area contributed by atoms with Gasteiger partial charge in [0.2, 0.25) is 5.54 Å². The lowest BCUT2D eigenvalue weighted by Crippen LogP contribution is -2.66. The van der Waals surface area contributed by atoms with Gasteiger partial charge in [-0.25, -0.2) is 0 Å². The summed E-state index contributed by atoms with van der Waals surface area (Å²) < 4.78 is 55.3. The first-order valence-electron chi connectivity index (χ1n) is 12.1. The summed E-state index contributed by atoms with van der Waals surface area (Å²) in [6, 6.07) is 12.4. The minimum atomic E-state index is -5.26. The Morgan fingerprint density at radius 3 is 2.26 bits per heavy atom. The third kappa shape index (κ3) is 4.63. The van der Waals surface area contributed by atoms with E-state index >= 15 is 0 Å². The third-order valence-electron chi connectivity index (χ3n) is 6.95. The number of hydrogen-bond donors (Lipinski definition) is 1. The molecule has 0 aromatic heterocycles. The zero-order valence-corrected chi connectivity index (χ0v) is 21.6. The Morgan fingerprint density at radius 2 is 1.66 bits per heavy atom. The molecule has 4 rings (SSSR count). The largest absolute Gasteiger partial charge is 0.493 e. The number of allylic oxidation sites excluding steroid dienone is 1. The van der Waals surface area contributed by atoms with Crippen molar-refractivity contribution in [2.45, 2.75) is 44.8 Å². The maximum Gasteiger partial charge on any atom is 0.425 e. The highest BCUT2D eigenvalue weighted by atomic mass is 19.4. The van der Waals surface area contributed by atoms with Crippen molar-refractivity contribution in [1.29, 1.82) is 0 Å². The van der Waals surface area contributed by atoms with E-state index in [1.165, 1.54) is 38.5 Å². The van der Waals surface area contributed by atoms with Crippen molar-refractivity contribution in [3.8, 4) is 11.5 Å². The van der Waals surface area contributed by atoms with Gasteiger partial charge in [-0.1, -0.05) is 38.1 Å². The minimum Gasteiger partial charge on any atom is -0.493 e. The van der Waals surface area contributed by atoms with Gasteiger partial charge in [-0.3, -0.25) is 14.4 Å². The summed E-state index contributed by atoms with van der Waals surface area (Å²) in [5, 5.41) is 1.95. The van der Waals surface area contributed by atoms with Gasteiger partial charge in [-0.15, -0.1) is 0 Å². The van der Waals surface area contributed by atoms with Crippen LogP contribution in [0, 0.1) is 5.41 Å². The molecule has 7 nitrogen and oxygen atoms in total. The van der Waals surface area contributed by atoms with Gasteiger partial charge in [-0.2, -0.15) is 13.2 Å². The molecule has 1 aliphatic heterocycles. The summed E-state index contributed by atoms with van der Waals surface area (Å²) in [5.41, 5.74) is -4.19. The monoisotopic (exact) mass is 530 g/mol. The molecule has 38 heavy (non-hydrogen) atoms. The quantitative estimate of drug-likeness (QED) is 0.572. The maximum atomic E-state index is 14.9. The Morgan fingerprint density at radius 1 is 1.00 bits per heavy atom. The Balaban J connectivity index is 1.77. The van der Waals surface area contributed by atoms with Crippen LogP contribution in [0.4, 0.5) is 13.2 Å². The molecule has 1 atom stereocenters. The third-order valence-corrected chi connectivity index (χ3v) is 6.95. The van der Waals surface area contributed by atoms with Crippen LogP contribution in [-0.4, -0.2) is 55.0 Å². The summed E-state index contributed by atoms with van der Waals surface area (Å²) in [6.45, 7) is 3.40. The molecule has 1 N–H and O–H groups in total. The summed E-state index contributed by atoms with van der Waals surface area (Å²) in [5.74, 6) is -2.36. The Kier molecular flexibility index (Phi) is 7.03. The van der Waals surface area contributed by atoms with E-state index in [9.17, 15) is 27.6 Å². The molecule has 0 saturated carbocycles. The number of nitrogens with one attached hydrogen (secondary N) is 1. The second-order valence-electron chi connectivity index (χ2n) is 10.2. The summed E-state index contributed by atoms with van der Waals surface area (Å²) >= 11 is 0. The summed E-state index contributed by atoms with van der Waals surface area (Å²) in [7, 11) is 2.95. The summed E-state index contributed by atoms with van der Waals surface area (Å²) in [6.07, 6.45) is -5.19. The molecule has 0 unspecified atom stereocenters. The van der Waals surface area contributed by atoms with Gasteiger partial charge in [0.15, 0.2) is 17.3 Å². The van der Waals surface area contributed by atoms with Crippen LogP contribution in [0.2, 0.25) is 0 Å². The molecule has 2 amide bonds. The molecule has 1 heterocycles. The van der Waals surface area contributed by atoms with Gasteiger partial charge in [0, 0.05) is 24.2 Å². The van der Waals surface area contributed by atoms with Gasteiger partial charge in [0.1, 0.15) is 0 Å². The fourth-order valence-corrected chi connectivity index (χ4v) is 5.17. The van der Waals surface area contributed by atoms with Crippen LogP contribution in [-0.2, 0) is 16.0 Å². The average molecular weight is 531 g/mol. The predicted molar refractivity (Wildman–Crippen MR) is 133 cm³/mol. The van der Waals surface area contributed by atoms with E-state index < -0.39 is 40.3 Å². The number of alkyl halides is 3. The first kappa shape index (κ1) is 27.2. The van der Waals surface area contributed by atoms with E-state index in [2.05, 4.69) is 0 Å². The van der Waals surface area contributed by atoms with E-state index in [0.29, 0.717) is 17.1 Å². The molecule has 202 valence electrons. The molecular weight excluding hydrogens is 501 g/mol. The molecule has 0 fully saturated rings. The number of halogens is 3. The number of ether oxygens (including phenoxy) is 2. The number of hydrogen-bond acceptors (Lipinski definition) is 5. The van der Waals surface area contributed by atoms with Crippen molar-refractivity contribution in [1.82, 2.24) is 10.2 Å². The zero-order chi connectivity index (χ0) is 27.9. The molecule has 1 aliphatic carbocycles. The second kappa shape index (κ2) is 9.81. The lowest BCUT2D eigenvalue weighted by Gasteiger charge is -2.35. The van der Waals surface area contributed by atoms with Crippen molar-refractivity contribution < 1.29 is 37.0 Å².